The number of piperidine rings is 1. The Kier molecular flexibility index (Phi) is 2.43. The smallest absolute Gasteiger partial charge is 0.0969 e. The molecule has 0 radical (unpaired) electrons. The van der Waals surface area contributed by atoms with Crippen LogP contribution in [-0.4, -0.2) is 30.2 Å². The maximum absolute atomic E-state index is 6.13. The largest absolute Gasteiger partial charge is 0.368 e. The van der Waals surface area contributed by atoms with E-state index in [1.165, 1.54) is 12.0 Å². The van der Waals surface area contributed by atoms with Gasteiger partial charge < -0.3 is 4.74 Å². The molecule has 3 heteroatoms. The minimum atomic E-state index is 0.501. The number of benzene rings is 1. The van der Waals surface area contributed by atoms with Crippen LogP contribution in [0.1, 0.15) is 12.0 Å². The summed E-state index contributed by atoms with van der Waals surface area (Å²) in [4.78, 5) is 2.43. The topological polar surface area (TPSA) is 15.8 Å². The molecule has 2 atom stereocenters. The van der Waals surface area contributed by atoms with E-state index in [0.717, 1.165) is 24.7 Å². The lowest BCUT2D eigenvalue weighted by Gasteiger charge is -2.24. The van der Waals surface area contributed by atoms with Gasteiger partial charge in [0.15, 0.2) is 0 Å². The number of epoxide rings is 1. The van der Waals surface area contributed by atoms with Crippen LogP contribution in [0.3, 0.4) is 0 Å². The first kappa shape index (κ1) is 9.64. The molecule has 0 unspecified atom stereocenters. The minimum absolute atomic E-state index is 0.501. The maximum Gasteiger partial charge on any atom is 0.0969 e. The molecule has 0 aliphatic carbocycles. The lowest BCUT2D eigenvalue weighted by atomic mass is 10.1. The maximum atomic E-state index is 6.13. The zero-order chi connectivity index (χ0) is 10.3. The van der Waals surface area contributed by atoms with Crippen molar-refractivity contribution in [1.82, 2.24) is 4.90 Å². The van der Waals surface area contributed by atoms with Crippen molar-refractivity contribution in [3.63, 3.8) is 0 Å². The molecule has 80 valence electrons. The molecule has 2 heterocycles. The summed E-state index contributed by atoms with van der Waals surface area (Å²) in [7, 11) is 0. The molecule has 15 heavy (non-hydrogen) atoms. The Morgan fingerprint density at radius 1 is 1.33 bits per heavy atom. The predicted octanol–water partition coefficient (Wildman–Crippen LogP) is 2.31. The van der Waals surface area contributed by atoms with Gasteiger partial charge in [0.25, 0.3) is 0 Å². The zero-order valence-electron chi connectivity index (χ0n) is 8.53. The van der Waals surface area contributed by atoms with E-state index in [-0.39, 0.29) is 0 Å². The van der Waals surface area contributed by atoms with E-state index in [1.807, 2.05) is 18.2 Å². The fourth-order valence-corrected chi connectivity index (χ4v) is 2.46. The molecule has 2 nitrogen and oxygen atoms in total. The molecule has 1 aromatic rings. The Balaban J connectivity index is 1.67. The first-order chi connectivity index (χ1) is 7.33. The fraction of sp³-hybridized carbons (Fsp3) is 0.500. The number of ether oxygens (including phenoxy) is 1. The second-order valence-corrected chi connectivity index (χ2v) is 4.74. The molecule has 0 bridgehead atoms. The first-order valence-electron chi connectivity index (χ1n) is 5.44. The molecule has 2 saturated heterocycles. The number of fused-ring (bicyclic) bond motifs is 1. The van der Waals surface area contributed by atoms with Gasteiger partial charge in [-0.15, -0.1) is 0 Å². The lowest BCUT2D eigenvalue weighted by molar-refractivity contribution is 0.237. The monoisotopic (exact) mass is 223 g/mol. The van der Waals surface area contributed by atoms with E-state index in [2.05, 4.69) is 11.0 Å². The van der Waals surface area contributed by atoms with Crippen molar-refractivity contribution < 1.29 is 4.74 Å². The minimum Gasteiger partial charge on any atom is -0.368 e. The van der Waals surface area contributed by atoms with Crippen LogP contribution in [0.4, 0.5) is 0 Å². The lowest BCUT2D eigenvalue weighted by Crippen LogP contribution is -2.34. The van der Waals surface area contributed by atoms with Crippen molar-refractivity contribution in [1.29, 1.82) is 0 Å². The third-order valence-corrected chi connectivity index (χ3v) is 3.58. The molecule has 0 aromatic heterocycles. The average Bonchev–Trinajstić information content (AvgIpc) is 3.00. The van der Waals surface area contributed by atoms with E-state index in [4.69, 9.17) is 16.3 Å². The Hall–Kier alpha value is -0.570. The Morgan fingerprint density at radius 3 is 3.00 bits per heavy atom. The summed E-state index contributed by atoms with van der Waals surface area (Å²) in [5, 5.41) is 0.872. The van der Waals surface area contributed by atoms with Crippen LogP contribution in [0.15, 0.2) is 24.3 Å². The Bertz CT molecular complexity index is 368. The summed E-state index contributed by atoms with van der Waals surface area (Å²) in [5.41, 5.74) is 1.22. The summed E-state index contributed by atoms with van der Waals surface area (Å²) in [6.45, 7) is 3.15. The molecule has 2 fully saturated rings. The van der Waals surface area contributed by atoms with Gasteiger partial charge in [-0.3, -0.25) is 4.90 Å². The van der Waals surface area contributed by atoms with Crippen LogP contribution >= 0.6 is 11.6 Å². The van der Waals surface area contributed by atoms with E-state index in [1.54, 1.807) is 0 Å². The van der Waals surface area contributed by atoms with Gasteiger partial charge >= 0.3 is 0 Å². The van der Waals surface area contributed by atoms with Crippen LogP contribution < -0.4 is 0 Å². The van der Waals surface area contributed by atoms with E-state index < -0.39 is 0 Å². The van der Waals surface area contributed by atoms with Crippen molar-refractivity contribution in [2.24, 2.45) is 0 Å². The summed E-state index contributed by atoms with van der Waals surface area (Å²) in [6, 6.07) is 8.07. The van der Waals surface area contributed by atoms with E-state index in [0.29, 0.717) is 12.2 Å². The van der Waals surface area contributed by atoms with Crippen molar-refractivity contribution in [2.45, 2.75) is 25.2 Å². The van der Waals surface area contributed by atoms with Crippen LogP contribution in [0.25, 0.3) is 0 Å². The summed E-state index contributed by atoms with van der Waals surface area (Å²) in [6.07, 6.45) is 2.24. The highest BCUT2D eigenvalue weighted by molar-refractivity contribution is 6.31. The highest BCUT2D eigenvalue weighted by Crippen LogP contribution is 2.31. The van der Waals surface area contributed by atoms with Crippen molar-refractivity contribution in [2.75, 3.05) is 13.1 Å². The highest BCUT2D eigenvalue weighted by atomic mass is 35.5. The molecule has 0 N–H and O–H groups in total. The number of nitrogens with zero attached hydrogens (tertiary/aromatic N) is 1. The van der Waals surface area contributed by atoms with Crippen molar-refractivity contribution in [3.8, 4) is 0 Å². The molecule has 2 aliphatic heterocycles. The van der Waals surface area contributed by atoms with Gasteiger partial charge in [-0.2, -0.15) is 0 Å². The summed E-state index contributed by atoms with van der Waals surface area (Å²) < 4.78 is 5.50. The van der Waals surface area contributed by atoms with Gasteiger partial charge in [-0.05, 0) is 18.1 Å². The van der Waals surface area contributed by atoms with Crippen LogP contribution in [0.2, 0.25) is 5.02 Å². The predicted molar refractivity (Wildman–Crippen MR) is 60.0 cm³/mol. The number of halogens is 1. The third-order valence-electron chi connectivity index (χ3n) is 3.21. The second kappa shape index (κ2) is 3.78. The van der Waals surface area contributed by atoms with Gasteiger partial charge in [0.1, 0.15) is 0 Å². The van der Waals surface area contributed by atoms with Gasteiger partial charge in [0, 0.05) is 24.7 Å². The number of likely N-dealkylation sites (tertiary alicyclic amines) is 1. The quantitative estimate of drug-likeness (QED) is 0.716. The standard InChI is InChI=1S/C12H14ClNO/c13-10-4-2-1-3-9(10)7-14-6-5-11-12(8-14)15-11/h1-4,11-12H,5-8H2/t11-,12-/m0/s1. The van der Waals surface area contributed by atoms with Crippen LogP contribution in [0, 0.1) is 0 Å². The van der Waals surface area contributed by atoms with Crippen LogP contribution in [0.5, 0.6) is 0 Å². The highest BCUT2D eigenvalue weighted by Gasteiger charge is 2.43. The fourth-order valence-electron chi connectivity index (χ4n) is 2.26. The Labute approximate surface area is 94.8 Å². The average molecular weight is 224 g/mol. The number of hydrogen-bond acceptors (Lipinski definition) is 2. The summed E-state index contributed by atoms with van der Waals surface area (Å²) >= 11 is 6.13. The van der Waals surface area contributed by atoms with Crippen LogP contribution in [-0.2, 0) is 11.3 Å². The molecular weight excluding hydrogens is 210 g/mol. The second-order valence-electron chi connectivity index (χ2n) is 4.33. The molecule has 3 rings (SSSR count). The van der Waals surface area contributed by atoms with Crippen molar-refractivity contribution >= 4 is 11.6 Å². The number of rotatable bonds is 2. The normalized spacial score (nSPS) is 29.9. The van der Waals surface area contributed by atoms with Gasteiger partial charge in [-0.1, -0.05) is 29.8 Å². The molecular formula is C12H14ClNO. The molecule has 2 aliphatic rings. The summed E-state index contributed by atoms with van der Waals surface area (Å²) in [5.74, 6) is 0. The number of hydrogen-bond donors (Lipinski definition) is 0. The molecule has 0 spiro atoms. The Morgan fingerprint density at radius 2 is 2.20 bits per heavy atom. The molecule has 0 saturated carbocycles. The SMILES string of the molecule is Clc1ccccc1CN1CC[C@@H]2O[C@H]2C1. The van der Waals surface area contributed by atoms with E-state index >= 15 is 0 Å². The third kappa shape index (κ3) is 2.03. The molecule has 0 amide bonds. The van der Waals surface area contributed by atoms with Gasteiger partial charge in [0.2, 0.25) is 0 Å². The first-order valence-corrected chi connectivity index (χ1v) is 5.82. The van der Waals surface area contributed by atoms with E-state index in [9.17, 15) is 0 Å². The van der Waals surface area contributed by atoms with Gasteiger partial charge in [0.05, 0.1) is 12.2 Å². The van der Waals surface area contributed by atoms with Crippen molar-refractivity contribution in [3.05, 3.63) is 34.9 Å². The molecule has 1 aromatic carbocycles. The zero-order valence-corrected chi connectivity index (χ0v) is 9.28. The van der Waals surface area contributed by atoms with Gasteiger partial charge in [-0.25, -0.2) is 0 Å².